The van der Waals surface area contributed by atoms with Gasteiger partial charge in [0.2, 0.25) is 0 Å². The number of anilines is 1. The zero-order chi connectivity index (χ0) is 13.1. The molecule has 0 N–H and O–H groups in total. The zero-order valence-corrected chi connectivity index (χ0v) is 11.4. The van der Waals surface area contributed by atoms with Crippen LogP contribution < -0.4 is 4.90 Å². The fourth-order valence-corrected chi connectivity index (χ4v) is 2.01. The van der Waals surface area contributed by atoms with Crippen molar-refractivity contribution in [2.75, 3.05) is 19.0 Å². The third-order valence-electron chi connectivity index (χ3n) is 3.02. The van der Waals surface area contributed by atoms with Gasteiger partial charge in [-0.25, -0.2) is 4.98 Å². The number of aromatic nitrogens is 2. The summed E-state index contributed by atoms with van der Waals surface area (Å²) in [6.45, 7) is 4.21. The molecule has 18 heavy (non-hydrogen) atoms. The van der Waals surface area contributed by atoms with Gasteiger partial charge in [0.15, 0.2) is 0 Å². The Hall–Kier alpha value is -1.90. The summed E-state index contributed by atoms with van der Waals surface area (Å²) in [6.07, 6.45) is 4.72. The van der Waals surface area contributed by atoms with Crippen molar-refractivity contribution in [3.63, 3.8) is 0 Å². The van der Waals surface area contributed by atoms with Gasteiger partial charge in [0.25, 0.3) is 0 Å². The first kappa shape index (κ1) is 12.6. The Bertz CT molecular complexity index is 547. The van der Waals surface area contributed by atoms with Crippen LogP contribution in [0.3, 0.4) is 0 Å². The fourth-order valence-electron chi connectivity index (χ4n) is 2.01. The molecule has 0 atom stereocenters. The molecule has 0 saturated heterocycles. The van der Waals surface area contributed by atoms with Gasteiger partial charge in [0.1, 0.15) is 5.82 Å². The van der Waals surface area contributed by atoms with Crippen LogP contribution in [-0.4, -0.2) is 24.1 Å². The monoisotopic (exact) mass is 241 g/mol. The molecule has 3 nitrogen and oxygen atoms in total. The number of pyridine rings is 2. The van der Waals surface area contributed by atoms with Gasteiger partial charge in [-0.1, -0.05) is 6.92 Å². The first-order valence-electron chi connectivity index (χ1n) is 6.21. The lowest BCUT2D eigenvalue weighted by Crippen LogP contribution is -2.12. The Balaban J connectivity index is 2.61. The quantitative estimate of drug-likeness (QED) is 0.827. The third kappa shape index (κ3) is 2.35. The molecule has 0 aliphatic heterocycles. The third-order valence-corrected chi connectivity index (χ3v) is 3.02. The molecule has 0 unspecified atom stereocenters. The summed E-state index contributed by atoms with van der Waals surface area (Å²) in [6, 6.07) is 6.26. The summed E-state index contributed by atoms with van der Waals surface area (Å²) in [5.74, 6) is 0.994. The molecule has 2 heterocycles. The van der Waals surface area contributed by atoms with Crippen LogP contribution in [0.2, 0.25) is 0 Å². The van der Waals surface area contributed by atoms with Gasteiger partial charge in [0.05, 0.1) is 0 Å². The highest BCUT2D eigenvalue weighted by molar-refractivity contribution is 5.77. The van der Waals surface area contributed by atoms with E-state index in [2.05, 4.69) is 35.9 Å². The molecule has 0 bridgehead atoms. The molecule has 0 spiro atoms. The van der Waals surface area contributed by atoms with Gasteiger partial charge in [0, 0.05) is 37.7 Å². The van der Waals surface area contributed by atoms with Crippen LogP contribution in [0, 0.1) is 6.92 Å². The van der Waals surface area contributed by atoms with Gasteiger partial charge < -0.3 is 4.90 Å². The number of rotatable bonds is 3. The molecule has 0 fully saturated rings. The minimum absolute atomic E-state index is 0.949. The number of hydrogen-bond donors (Lipinski definition) is 0. The van der Waals surface area contributed by atoms with Crippen molar-refractivity contribution >= 4 is 5.82 Å². The first-order valence-corrected chi connectivity index (χ1v) is 6.21. The van der Waals surface area contributed by atoms with Gasteiger partial charge in [-0.3, -0.25) is 4.98 Å². The lowest BCUT2D eigenvalue weighted by Gasteiger charge is -2.17. The maximum Gasteiger partial charge on any atom is 0.135 e. The average molecular weight is 241 g/mol. The van der Waals surface area contributed by atoms with E-state index in [0.29, 0.717) is 0 Å². The SMILES string of the molecule is CCc1cc(-c2cccnc2N(C)C)c(C)cn1. The Morgan fingerprint density at radius 2 is 1.94 bits per heavy atom. The maximum absolute atomic E-state index is 4.46. The van der Waals surface area contributed by atoms with Gasteiger partial charge in [-0.05, 0) is 42.7 Å². The van der Waals surface area contributed by atoms with E-state index >= 15 is 0 Å². The van der Waals surface area contributed by atoms with Crippen molar-refractivity contribution in [1.82, 2.24) is 9.97 Å². The standard InChI is InChI=1S/C15H19N3/c1-5-12-9-14(11(2)10-17-12)13-7-6-8-16-15(13)18(3)4/h6-10H,5H2,1-4H3. The summed E-state index contributed by atoms with van der Waals surface area (Å²) in [4.78, 5) is 10.9. The number of hydrogen-bond acceptors (Lipinski definition) is 3. The van der Waals surface area contributed by atoms with E-state index in [4.69, 9.17) is 0 Å². The van der Waals surface area contributed by atoms with Crippen LogP contribution in [0.1, 0.15) is 18.2 Å². The molecule has 3 heteroatoms. The molecule has 2 aromatic heterocycles. The molecule has 94 valence electrons. The van der Waals surface area contributed by atoms with Crippen molar-refractivity contribution in [1.29, 1.82) is 0 Å². The van der Waals surface area contributed by atoms with Crippen molar-refractivity contribution in [2.24, 2.45) is 0 Å². The molecule has 0 aliphatic rings. The Labute approximate surface area is 109 Å². The normalized spacial score (nSPS) is 10.4. The Morgan fingerprint density at radius 1 is 1.17 bits per heavy atom. The molecular weight excluding hydrogens is 222 g/mol. The van der Waals surface area contributed by atoms with Crippen molar-refractivity contribution in [3.05, 3.63) is 41.9 Å². The fraction of sp³-hybridized carbons (Fsp3) is 0.333. The second-order valence-electron chi connectivity index (χ2n) is 4.61. The van der Waals surface area contributed by atoms with E-state index in [1.165, 1.54) is 11.1 Å². The van der Waals surface area contributed by atoms with Gasteiger partial charge in [-0.2, -0.15) is 0 Å². The predicted octanol–water partition coefficient (Wildman–Crippen LogP) is 3.08. The van der Waals surface area contributed by atoms with Crippen molar-refractivity contribution in [3.8, 4) is 11.1 Å². The average Bonchev–Trinajstić information content (AvgIpc) is 2.39. The smallest absolute Gasteiger partial charge is 0.135 e. The van der Waals surface area contributed by atoms with E-state index in [1.807, 2.05) is 37.5 Å². The summed E-state index contributed by atoms with van der Waals surface area (Å²) >= 11 is 0. The highest BCUT2D eigenvalue weighted by atomic mass is 15.1. The highest BCUT2D eigenvalue weighted by Gasteiger charge is 2.10. The largest absolute Gasteiger partial charge is 0.362 e. The van der Waals surface area contributed by atoms with Crippen LogP contribution in [0.15, 0.2) is 30.6 Å². The second kappa shape index (κ2) is 5.17. The first-order chi connectivity index (χ1) is 8.63. The van der Waals surface area contributed by atoms with Crippen LogP contribution in [-0.2, 0) is 6.42 Å². The summed E-state index contributed by atoms with van der Waals surface area (Å²) in [7, 11) is 4.03. The van der Waals surface area contributed by atoms with E-state index < -0.39 is 0 Å². The lowest BCUT2D eigenvalue weighted by atomic mass is 10.0. The number of aryl methyl sites for hydroxylation is 2. The van der Waals surface area contributed by atoms with E-state index in [9.17, 15) is 0 Å². The van der Waals surface area contributed by atoms with Crippen molar-refractivity contribution in [2.45, 2.75) is 20.3 Å². The van der Waals surface area contributed by atoms with Crippen LogP contribution in [0.4, 0.5) is 5.82 Å². The minimum atomic E-state index is 0.949. The molecule has 0 aliphatic carbocycles. The summed E-state index contributed by atoms with van der Waals surface area (Å²) in [5, 5.41) is 0. The zero-order valence-electron chi connectivity index (χ0n) is 11.4. The van der Waals surface area contributed by atoms with Crippen molar-refractivity contribution < 1.29 is 0 Å². The Kier molecular flexibility index (Phi) is 3.60. The molecular formula is C15H19N3. The van der Waals surface area contributed by atoms with E-state index in [0.717, 1.165) is 23.5 Å². The molecule has 0 saturated carbocycles. The van der Waals surface area contributed by atoms with E-state index in [1.54, 1.807) is 0 Å². The van der Waals surface area contributed by atoms with Crippen LogP contribution in [0.25, 0.3) is 11.1 Å². The Morgan fingerprint density at radius 3 is 2.61 bits per heavy atom. The predicted molar refractivity (Wildman–Crippen MR) is 75.9 cm³/mol. The molecule has 0 amide bonds. The van der Waals surface area contributed by atoms with Crippen LogP contribution in [0.5, 0.6) is 0 Å². The topological polar surface area (TPSA) is 29.0 Å². The molecule has 2 rings (SSSR count). The van der Waals surface area contributed by atoms with Gasteiger partial charge in [-0.15, -0.1) is 0 Å². The summed E-state index contributed by atoms with van der Waals surface area (Å²) < 4.78 is 0. The van der Waals surface area contributed by atoms with Crippen LogP contribution >= 0.6 is 0 Å². The van der Waals surface area contributed by atoms with E-state index in [-0.39, 0.29) is 0 Å². The van der Waals surface area contributed by atoms with Gasteiger partial charge >= 0.3 is 0 Å². The number of nitrogens with zero attached hydrogens (tertiary/aromatic N) is 3. The molecule has 0 radical (unpaired) electrons. The highest BCUT2D eigenvalue weighted by Crippen LogP contribution is 2.30. The minimum Gasteiger partial charge on any atom is -0.362 e. The molecule has 2 aromatic rings. The molecule has 0 aromatic carbocycles. The lowest BCUT2D eigenvalue weighted by molar-refractivity contribution is 1.02. The second-order valence-corrected chi connectivity index (χ2v) is 4.61. The summed E-state index contributed by atoms with van der Waals surface area (Å²) in [5.41, 5.74) is 4.68. The maximum atomic E-state index is 4.46.